The van der Waals surface area contributed by atoms with E-state index in [1.807, 2.05) is 37.3 Å². The Morgan fingerprint density at radius 1 is 1.00 bits per heavy atom. The highest BCUT2D eigenvalue weighted by Gasteiger charge is 2.10. The van der Waals surface area contributed by atoms with Crippen molar-refractivity contribution in [1.82, 2.24) is 4.98 Å². The number of aryl methyl sites for hydroxylation is 1. The van der Waals surface area contributed by atoms with Gasteiger partial charge < -0.3 is 19.5 Å². The minimum Gasteiger partial charge on any atom is -0.493 e. The van der Waals surface area contributed by atoms with E-state index in [-0.39, 0.29) is 12.5 Å². The molecule has 0 radical (unpaired) electrons. The molecule has 0 bridgehead atoms. The molecule has 0 aliphatic heterocycles. The van der Waals surface area contributed by atoms with Crippen molar-refractivity contribution >= 4 is 11.6 Å². The van der Waals surface area contributed by atoms with Gasteiger partial charge >= 0.3 is 0 Å². The third kappa shape index (κ3) is 6.22. The molecule has 0 aliphatic carbocycles. The van der Waals surface area contributed by atoms with Crippen molar-refractivity contribution in [3.8, 4) is 17.2 Å². The van der Waals surface area contributed by atoms with Gasteiger partial charge in [0, 0.05) is 24.1 Å². The molecule has 0 aliphatic rings. The van der Waals surface area contributed by atoms with Crippen LogP contribution in [0.5, 0.6) is 17.2 Å². The summed E-state index contributed by atoms with van der Waals surface area (Å²) in [6, 6.07) is 14.9. The summed E-state index contributed by atoms with van der Waals surface area (Å²) in [6.07, 6.45) is 3.43. The number of aromatic nitrogens is 1. The fourth-order valence-corrected chi connectivity index (χ4v) is 3.24. The van der Waals surface area contributed by atoms with Crippen molar-refractivity contribution in [2.75, 3.05) is 19.0 Å². The van der Waals surface area contributed by atoms with Gasteiger partial charge in [0.05, 0.1) is 7.11 Å². The van der Waals surface area contributed by atoms with Gasteiger partial charge in [-0.2, -0.15) is 0 Å². The Morgan fingerprint density at radius 2 is 1.77 bits per heavy atom. The van der Waals surface area contributed by atoms with Gasteiger partial charge in [-0.15, -0.1) is 0 Å². The molecule has 0 saturated heterocycles. The van der Waals surface area contributed by atoms with Crippen LogP contribution in [0.15, 0.2) is 60.9 Å². The molecule has 1 amide bonds. The summed E-state index contributed by atoms with van der Waals surface area (Å²) in [5, 5.41) is 2.84. The molecule has 6 heteroatoms. The number of nitrogens with zero attached hydrogens (tertiary/aromatic N) is 1. The lowest BCUT2D eigenvalue weighted by Crippen LogP contribution is -2.20. The summed E-state index contributed by atoms with van der Waals surface area (Å²) < 4.78 is 16.9. The number of pyridine rings is 1. The van der Waals surface area contributed by atoms with Crippen molar-refractivity contribution in [1.29, 1.82) is 0 Å². The predicted molar refractivity (Wildman–Crippen MR) is 121 cm³/mol. The molecule has 3 rings (SSSR count). The molecule has 0 saturated carbocycles. The molecule has 162 valence electrons. The average molecular weight is 421 g/mol. The normalized spacial score (nSPS) is 10.6. The Balaban J connectivity index is 1.59. The smallest absolute Gasteiger partial charge is 0.262 e. The zero-order valence-electron chi connectivity index (χ0n) is 18.3. The first kappa shape index (κ1) is 22.2. The lowest BCUT2D eigenvalue weighted by atomic mass is 9.98. The molecule has 0 atom stereocenters. The quantitative estimate of drug-likeness (QED) is 0.520. The van der Waals surface area contributed by atoms with E-state index in [4.69, 9.17) is 14.2 Å². The van der Waals surface area contributed by atoms with Crippen LogP contribution < -0.4 is 19.5 Å². The lowest BCUT2D eigenvalue weighted by Gasteiger charge is -2.14. The zero-order valence-corrected chi connectivity index (χ0v) is 18.3. The predicted octanol–water partition coefficient (Wildman–Crippen LogP) is 5.12. The maximum atomic E-state index is 12.4. The van der Waals surface area contributed by atoms with Crippen molar-refractivity contribution in [2.24, 2.45) is 0 Å². The van der Waals surface area contributed by atoms with E-state index < -0.39 is 0 Å². The number of methoxy groups -OCH3 is 1. The molecule has 31 heavy (non-hydrogen) atoms. The van der Waals surface area contributed by atoms with Crippen LogP contribution in [0.2, 0.25) is 0 Å². The van der Waals surface area contributed by atoms with Crippen molar-refractivity contribution in [2.45, 2.75) is 33.3 Å². The Morgan fingerprint density at radius 3 is 2.45 bits per heavy atom. The second-order valence-corrected chi connectivity index (χ2v) is 7.52. The van der Waals surface area contributed by atoms with Crippen LogP contribution in [0.4, 0.5) is 5.69 Å². The molecule has 1 aromatic heterocycles. The lowest BCUT2D eigenvalue weighted by molar-refractivity contribution is -0.118. The number of benzene rings is 2. The third-order valence-corrected chi connectivity index (χ3v) is 4.82. The van der Waals surface area contributed by atoms with E-state index in [0.717, 1.165) is 11.1 Å². The van der Waals surface area contributed by atoms with Gasteiger partial charge in [-0.05, 0) is 65.9 Å². The third-order valence-electron chi connectivity index (χ3n) is 4.82. The van der Waals surface area contributed by atoms with Crippen LogP contribution >= 0.6 is 0 Å². The van der Waals surface area contributed by atoms with Crippen molar-refractivity contribution in [3.63, 3.8) is 0 Å². The number of carbonyl (C=O) groups is 1. The Bertz CT molecular complexity index is 1020. The molecule has 3 aromatic rings. The minimum absolute atomic E-state index is 0.0836. The highest BCUT2D eigenvalue weighted by atomic mass is 16.5. The van der Waals surface area contributed by atoms with E-state index in [1.165, 1.54) is 5.56 Å². The monoisotopic (exact) mass is 420 g/mol. The summed E-state index contributed by atoms with van der Waals surface area (Å²) in [7, 11) is 1.58. The maximum absolute atomic E-state index is 12.4. The Hall–Kier alpha value is -3.54. The molecule has 0 unspecified atom stereocenters. The van der Waals surface area contributed by atoms with Gasteiger partial charge in [-0.25, -0.2) is 0 Å². The van der Waals surface area contributed by atoms with Gasteiger partial charge in [0.25, 0.3) is 5.91 Å². The number of anilines is 1. The topological polar surface area (TPSA) is 69.7 Å². The number of rotatable bonds is 9. The number of nitrogens with one attached hydrogen (secondary N) is 1. The molecule has 1 N–H and O–H groups in total. The van der Waals surface area contributed by atoms with Gasteiger partial charge in [-0.1, -0.05) is 19.9 Å². The van der Waals surface area contributed by atoms with E-state index in [9.17, 15) is 4.79 Å². The molecule has 0 spiro atoms. The number of hydrogen-bond acceptors (Lipinski definition) is 5. The molecular weight excluding hydrogens is 392 g/mol. The first-order valence-corrected chi connectivity index (χ1v) is 10.2. The molecule has 2 aromatic carbocycles. The summed E-state index contributed by atoms with van der Waals surface area (Å²) in [5.41, 5.74) is 4.01. The molecular formula is C25H28N2O4. The fourth-order valence-electron chi connectivity index (χ4n) is 3.24. The first-order valence-electron chi connectivity index (χ1n) is 10.2. The number of ether oxygens (including phenoxy) is 3. The van der Waals surface area contributed by atoms with Crippen molar-refractivity contribution in [3.05, 3.63) is 77.6 Å². The van der Waals surface area contributed by atoms with E-state index in [2.05, 4.69) is 24.1 Å². The second-order valence-electron chi connectivity index (χ2n) is 7.52. The van der Waals surface area contributed by atoms with Crippen LogP contribution in [-0.2, 0) is 11.4 Å². The van der Waals surface area contributed by atoms with E-state index in [1.54, 1.807) is 37.7 Å². The molecule has 6 nitrogen and oxygen atoms in total. The summed E-state index contributed by atoms with van der Waals surface area (Å²) >= 11 is 0. The van der Waals surface area contributed by atoms with Gasteiger partial charge in [0.1, 0.15) is 12.4 Å². The van der Waals surface area contributed by atoms with Crippen molar-refractivity contribution < 1.29 is 19.0 Å². The molecule has 0 fully saturated rings. The second kappa shape index (κ2) is 10.5. The highest BCUT2D eigenvalue weighted by molar-refractivity contribution is 5.92. The van der Waals surface area contributed by atoms with Crippen LogP contribution in [0, 0.1) is 6.92 Å². The molecule has 1 heterocycles. The van der Waals surface area contributed by atoms with Gasteiger partial charge in [0.15, 0.2) is 18.1 Å². The fraction of sp³-hybridized carbons (Fsp3) is 0.280. The summed E-state index contributed by atoms with van der Waals surface area (Å²) in [6.45, 7) is 6.64. The number of amides is 1. The van der Waals surface area contributed by atoms with Crippen LogP contribution in [0.1, 0.15) is 36.5 Å². The Kier molecular flexibility index (Phi) is 7.49. The summed E-state index contributed by atoms with van der Waals surface area (Å²) in [4.78, 5) is 16.4. The van der Waals surface area contributed by atoms with E-state index in [0.29, 0.717) is 35.5 Å². The van der Waals surface area contributed by atoms with Crippen LogP contribution in [0.25, 0.3) is 0 Å². The standard InChI is InChI=1S/C25H28N2O4/c1-17(2)22-7-6-21(13-18(22)3)30-16-25(28)27-20-5-8-23(29-4)24(14-20)31-15-19-9-11-26-12-10-19/h5-14,17H,15-16H2,1-4H3,(H,27,28). The number of hydrogen-bond donors (Lipinski definition) is 1. The maximum Gasteiger partial charge on any atom is 0.262 e. The van der Waals surface area contributed by atoms with Crippen LogP contribution in [-0.4, -0.2) is 24.6 Å². The minimum atomic E-state index is -0.254. The first-order chi connectivity index (χ1) is 15.0. The largest absolute Gasteiger partial charge is 0.493 e. The van der Waals surface area contributed by atoms with Gasteiger partial charge in [0.2, 0.25) is 0 Å². The average Bonchev–Trinajstić information content (AvgIpc) is 2.77. The summed E-state index contributed by atoms with van der Waals surface area (Å²) in [5.74, 6) is 1.99. The van der Waals surface area contributed by atoms with E-state index >= 15 is 0 Å². The zero-order chi connectivity index (χ0) is 22.2. The van der Waals surface area contributed by atoms with Gasteiger partial charge in [-0.3, -0.25) is 9.78 Å². The number of carbonyl (C=O) groups excluding carboxylic acids is 1. The highest BCUT2D eigenvalue weighted by Crippen LogP contribution is 2.31. The SMILES string of the molecule is COc1ccc(NC(=O)COc2ccc(C(C)C)c(C)c2)cc1OCc1ccncc1. The Labute approximate surface area is 183 Å². The van der Waals surface area contributed by atoms with Crippen LogP contribution in [0.3, 0.4) is 0 Å².